The summed E-state index contributed by atoms with van der Waals surface area (Å²) < 4.78 is 8.73. The molecule has 3 aromatic rings. The zero-order chi connectivity index (χ0) is 14.3. The van der Waals surface area contributed by atoms with Crippen LogP contribution in [0.15, 0.2) is 39.4 Å². The molecule has 0 fully saturated rings. The Bertz CT molecular complexity index is 800. The van der Waals surface area contributed by atoms with E-state index in [0.29, 0.717) is 11.6 Å². The zero-order valence-corrected chi connectivity index (χ0v) is 13.6. The molecule has 0 amide bonds. The van der Waals surface area contributed by atoms with E-state index in [1.807, 2.05) is 24.3 Å². The zero-order valence-electron chi connectivity index (χ0n) is 10.5. The minimum atomic E-state index is 0.391. The average molecular weight is 398 g/mol. The summed E-state index contributed by atoms with van der Waals surface area (Å²) in [5.74, 6) is 1.15. The lowest BCUT2D eigenvalue weighted by molar-refractivity contribution is 0.412. The van der Waals surface area contributed by atoms with E-state index in [9.17, 15) is 0 Å². The topological polar surface area (TPSA) is 66.0 Å². The van der Waals surface area contributed by atoms with Crippen LogP contribution in [0.2, 0.25) is 0 Å². The number of methoxy groups -OCH3 is 1. The highest BCUT2D eigenvalue weighted by Crippen LogP contribution is 2.30. The molecule has 0 atom stereocenters. The van der Waals surface area contributed by atoms with Gasteiger partial charge in [0.2, 0.25) is 5.95 Å². The summed E-state index contributed by atoms with van der Waals surface area (Å²) in [6.45, 7) is 0. The lowest BCUT2D eigenvalue weighted by Crippen LogP contribution is -2.01. The monoisotopic (exact) mass is 396 g/mol. The van der Waals surface area contributed by atoms with Crippen molar-refractivity contribution < 1.29 is 4.74 Å². The van der Waals surface area contributed by atoms with Crippen molar-refractivity contribution in [2.24, 2.45) is 0 Å². The first kappa shape index (κ1) is 13.4. The maximum Gasteiger partial charge on any atom is 0.207 e. The summed E-state index contributed by atoms with van der Waals surface area (Å²) >= 11 is 6.84. The second-order valence-corrected chi connectivity index (χ2v) is 5.89. The summed E-state index contributed by atoms with van der Waals surface area (Å²) in [5.41, 5.74) is 8.32. The molecule has 102 valence electrons. The third-order valence-electron chi connectivity index (χ3n) is 2.88. The molecule has 0 saturated carbocycles. The number of hydrogen-bond acceptors (Lipinski definition) is 4. The van der Waals surface area contributed by atoms with Crippen LogP contribution in [0.1, 0.15) is 0 Å². The molecule has 3 rings (SSSR count). The standard InChI is InChI=1S/C13H10Br2N4O/c1-20-11-3-2-8(5-9(11)15)19-12-10(18-13(19)16)4-7(14)6-17-12/h2-6H,1H3,(H2,16,18). The number of pyridine rings is 1. The molecule has 0 aliphatic carbocycles. The molecule has 2 aromatic heterocycles. The van der Waals surface area contributed by atoms with Crippen molar-refractivity contribution >= 4 is 49.0 Å². The predicted molar refractivity (Wildman–Crippen MR) is 85.2 cm³/mol. The number of ether oxygens (including phenoxy) is 1. The molecule has 2 N–H and O–H groups in total. The molecule has 0 unspecified atom stereocenters. The maximum atomic E-state index is 6.01. The third-order valence-corrected chi connectivity index (χ3v) is 3.94. The van der Waals surface area contributed by atoms with Crippen molar-refractivity contribution in [2.45, 2.75) is 0 Å². The van der Waals surface area contributed by atoms with E-state index in [2.05, 4.69) is 41.8 Å². The fourth-order valence-electron chi connectivity index (χ4n) is 2.01. The van der Waals surface area contributed by atoms with Gasteiger partial charge in [0.25, 0.3) is 0 Å². The van der Waals surface area contributed by atoms with E-state index in [1.165, 1.54) is 0 Å². The van der Waals surface area contributed by atoms with E-state index in [0.717, 1.165) is 25.9 Å². The van der Waals surface area contributed by atoms with E-state index in [1.54, 1.807) is 17.9 Å². The molecule has 0 bridgehead atoms. The summed E-state index contributed by atoms with van der Waals surface area (Å²) in [6.07, 6.45) is 1.72. The third kappa shape index (κ3) is 2.16. The molecule has 0 aliphatic rings. The lowest BCUT2D eigenvalue weighted by Gasteiger charge is -2.09. The molecule has 0 spiro atoms. The van der Waals surface area contributed by atoms with Gasteiger partial charge in [-0.3, -0.25) is 4.57 Å². The first-order chi connectivity index (χ1) is 9.60. The van der Waals surface area contributed by atoms with Gasteiger partial charge in [-0.05, 0) is 56.1 Å². The Balaban J connectivity index is 2.23. The summed E-state index contributed by atoms with van der Waals surface area (Å²) in [5, 5.41) is 0. The quantitative estimate of drug-likeness (QED) is 0.718. The summed E-state index contributed by atoms with van der Waals surface area (Å²) in [7, 11) is 1.62. The molecule has 2 heterocycles. The van der Waals surface area contributed by atoms with E-state index in [4.69, 9.17) is 10.5 Å². The van der Waals surface area contributed by atoms with Gasteiger partial charge in [-0.15, -0.1) is 0 Å². The number of imidazole rings is 1. The summed E-state index contributed by atoms with van der Waals surface area (Å²) in [6, 6.07) is 7.57. The normalized spacial score (nSPS) is 10.9. The van der Waals surface area contributed by atoms with Crippen molar-refractivity contribution in [3.8, 4) is 11.4 Å². The van der Waals surface area contributed by atoms with Crippen LogP contribution in [-0.2, 0) is 0 Å². The number of anilines is 1. The number of halogens is 2. The van der Waals surface area contributed by atoms with Crippen LogP contribution in [0, 0.1) is 0 Å². The minimum Gasteiger partial charge on any atom is -0.496 e. The Morgan fingerprint density at radius 1 is 1.25 bits per heavy atom. The number of hydrogen-bond donors (Lipinski definition) is 1. The molecule has 5 nitrogen and oxygen atoms in total. The highest BCUT2D eigenvalue weighted by Gasteiger charge is 2.13. The predicted octanol–water partition coefficient (Wildman–Crippen LogP) is 3.54. The van der Waals surface area contributed by atoms with Crippen molar-refractivity contribution in [3.05, 3.63) is 39.4 Å². The van der Waals surface area contributed by atoms with Gasteiger partial charge in [-0.1, -0.05) is 0 Å². The Hall–Kier alpha value is -1.60. The van der Waals surface area contributed by atoms with Crippen LogP contribution in [0.5, 0.6) is 5.75 Å². The van der Waals surface area contributed by atoms with E-state index < -0.39 is 0 Å². The molecular formula is C13H10Br2N4O. The molecule has 0 saturated heterocycles. The second-order valence-electron chi connectivity index (χ2n) is 4.12. The number of benzene rings is 1. The van der Waals surface area contributed by atoms with E-state index in [-0.39, 0.29) is 0 Å². The molecule has 0 radical (unpaired) electrons. The molecule has 20 heavy (non-hydrogen) atoms. The van der Waals surface area contributed by atoms with Gasteiger partial charge in [0, 0.05) is 10.7 Å². The second kappa shape index (κ2) is 5.06. The van der Waals surface area contributed by atoms with Gasteiger partial charge in [0.15, 0.2) is 5.65 Å². The molecular weight excluding hydrogens is 388 g/mol. The van der Waals surface area contributed by atoms with Crippen LogP contribution in [0.25, 0.3) is 16.9 Å². The first-order valence-electron chi connectivity index (χ1n) is 5.73. The number of nitrogens with zero attached hydrogens (tertiary/aromatic N) is 3. The Morgan fingerprint density at radius 2 is 2.05 bits per heavy atom. The van der Waals surface area contributed by atoms with Gasteiger partial charge in [0.05, 0.1) is 17.3 Å². The molecule has 7 heteroatoms. The van der Waals surface area contributed by atoms with Crippen molar-refractivity contribution in [1.82, 2.24) is 14.5 Å². The van der Waals surface area contributed by atoms with Gasteiger partial charge < -0.3 is 10.5 Å². The fourth-order valence-corrected chi connectivity index (χ4v) is 2.85. The maximum absolute atomic E-state index is 6.01. The number of nitrogen functional groups attached to an aromatic ring is 1. The van der Waals surface area contributed by atoms with Crippen LogP contribution in [0.4, 0.5) is 5.95 Å². The SMILES string of the molecule is COc1ccc(-n2c(N)nc3cc(Br)cnc32)cc1Br. The number of fused-ring (bicyclic) bond motifs is 1. The van der Waals surface area contributed by atoms with Crippen LogP contribution in [0.3, 0.4) is 0 Å². The smallest absolute Gasteiger partial charge is 0.207 e. The van der Waals surface area contributed by atoms with Crippen LogP contribution < -0.4 is 10.5 Å². The number of nitrogens with two attached hydrogens (primary N) is 1. The van der Waals surface area contributed by atoms with Gasteiger partial charge in [-0.2, -0.15) is 0 Å². The first-order valence-corrected chi connectivity index (χ1v) is 7.32. The van der Waals surface area contributed by atoms with Gasteiger partial charge in [-0.25, -0.2) is 9.97 Å². The van der Waals surface area contributed by atoms with Gasteiger partial charge >= 0.3 is 0 Å². The Morgan fingerprint density at radius 3 is 2.75 bits per heavy atom. The number of rotatable bonds is 2. The van der Waals surface area contributed by atoms with Crippen molar-refractivity contribution in [2.75, 3.05) is 12.8 Å². The lowest BCUT2D eigenvalue weighted by atomic mass is 10.3. The van der Waals surface area contributed by atoms with Crippen molar-refractivity contribution in [3.63, 3.8) is 0 Å². The minimum absolute atomic E-state index is 0.391. The van der Waals surface area contributed by atoms with Crippen LogP contribution in [-0.4, -0.2) is 21.6 Å². The largest absolute Gasteiger partial charge is 0.496 e. The van der Waals surface area contributed by atoms with Crippen LogP contribution >= 0.6 is 31.9 Å². The molecule has 1 aromatic carbocycles. The Kier molecular flexibility index (Phi) is 3.39. The fraction of sp³-hybridized carbons (Fsp3) is 0.0769. The average Bonchev–Trinajstić information content (AvgIpc) is 2.73. The molecule has 0 aliphatic heterocycles. The van der Waals surface area contributed by atoms with Gasteiger partial charge in [0.1, 0.15) is 11.3 Å². The van der Waals surface area contributed by atoms with Crippen molar-refractivity contribution in [1.29, 1.82) is 0 Å². The summed E-state index contributed by atoms with van der Waals surface area (Å²) in [4.78, 5) is 8.70. The Labute approximate surface area is 132 Å². The van der Waals surface area contributed by atoms with E-state index >= 15 is 0 Å². The highest BCUT2D eigenvalue weighted by atomic mass is 79.9. The highest BCUT2D eigenvalue weighted by molar-refractivity contribution is 9.10. The number of aromatic nitrogens is 3.